The fourth-order valence-corrected chi connectivity index (χ4v) is 2.83. The number of para-hydroxylation sites is 1. The van der Waals surface area contributed by atoms with E-state index in [1.807, 2.05) is 31.3 Å². The van der Waals surface area contributed by atoms with Gasteiger partial charge in [-0.2, -0.15) is 0 Å². The highest BCUT2D eigenvalue weighted by atomic mass is 16.3. The van der Waals surface area contributed by atoms with Gasteiger partial charge in [-0.1, -0.05) is 30.3 Å². The number of hydrogen-bond donors (Lipinski definition) is 2. The minimum Gasteiger partial charge on any atom is -0.456 e. The fourth-order valence-electron chi connectivity index (χ4n) is 2.83. The summed E-state index contributed by atoms with van der Waals surface area (Å²) in [5.74, 6) is 0. The first-order valence-electron chi connectivity index (χ1n) is 7.75. The summed E-state index contributed by atoms with van der Waals surface area (Å²) in [6.07, 6.45) is 0. The smallest absolute Gasteiger partial charge is 0.135 e. The standard InChI is InChI=1S/C20H18N2O/c1-21-15-8-6-14(7-9-15)13-22-16-10-11-20-18(12-16)17-4-2-3-5-19(17)23-20/h2-12,21-22H,13H2,1H3. The molecule has 0 saturated carbocycles. The molecular formula is C20H18N2O. The molecule has 2 N–H and O–H groups in total. The summed E-state index contributed by atoms with van der Waals surface area (Å²) in [4.78, 5) is 0. The van der Waals surface area contributed by atoms with Crippen LogP contribution in [0.5, 0.6) is 0 Å². The zero-order valence-electron chi connectivity index (χ0n) is 13.0. The number of nitrogens with one attached hydrogen (secondary N) is 2. The monoisotopic (exact) mass is 302 g/mol. The van der Waals surface area contributed by atoms with E-state index in [2.05, 4.69) is 53.1 Å². The maximum absolute atomic E-state index is 5.86. The highest BCUT2D eigenvalue weighted by Gasteiger charge is 2.06. The third-order valence-electron chi connectivity index (χ3n) is 4.12. The predicted molar refractivity (Wildman–Crippen MR) is 97.0 cm³/mol. The molecule has 0 spiro atoms. The molecule has 0 fully saturated rings. The Morgan fingerprint density at radius 3 is 2.35 bits per heavy atom. The van der Waals surface area contributed by atoms with Crippen molar-refractivity contribution < 1.29 is 4.42 Å². The van der Waals surface area contributed by atoms with Gasteiger partial charge in [0.2, 0.25) is 0 Å². The summed E-state index contributed by atoms with van der Waals surface area (Å²) in [5, 5.41) is 8.92. The number of furan rings is 1. The van der Waals surface area contributed by atoms with Crippen molar-refractivity contribution in [1.82, 2.24) is 0 Å². The van der Waals surface area contributed by atoms with E-state index in [1.54, 1.807) is 0 Å². The molecule has 0 radical (unpaired) electrons. The van der Waals surface area contributed by atoms with Gasteiger partial charge < -0.3 is 15.1 Å². The number of anilines is 2. The lowest BCUT2D eigenvalue weighted by Crippen LogP contribution is -1.99. The van der Waals surface area contributed by atoms with Gasteiger partial charge in [0.05, 0.1) is 0 Å². The largest absolute Gasteiger partial charge is 0.456 e. The average molecular weight is 302 g/mol. The summed E-state index contributed by atoms with van der Waals surface area (Å²) in [7, 11) is 1.93. The number of rotatable bonds is 4. The maximum atomic E-state index is 5.86. The second-order valence-electron chi connectivity index (χ2n) is 5.61. The van der Waals surface area contributed by atoms with E-state index in [4.69, 9.17) is 4.42 Å². The van der Waals surface area contributed by atoms with Crippen LogP contribution in [0.15, 0.2) is 71.1 Å². The minimum atomic E-state index is 0.797. The van der Waals surface area contributed by atoms with E-state index in [9.17, 15) is 0 Å². The molecule has 114 valence electrons. The lowest BCUT2D eigenvalue weighted by atomic mass is 10.1. The highest BCUT2D eigenvalue weighted by molar-refractivity contribution is 6.05. The fraction of sp³-hybridized carbons (Fsp3) is 0.100. The van der Waals surface area contributed by atoms with Crippen molar-refractivity contribution in [3.05, 3.63) is 72.3 Å². The van der Waals surface area contributed by atoms with Crippen LogP contribution >= 0.6 is 0 Å². The van der Waals surface area contributed by atoms with E-state index in [-0.39, 0.29) is 0 Å². The molecule has 0 aliphatic carbocycles. The van der Waals surface area contributed by atoms with Gasteiger partial charge in [0.1, 0.15) is 11.2 Å². The Balaban J connectivity index is 1.59. The van der Waals surface area contributed by atoms with Crippen LogP contribution in [-0.2, 0) is 6.54 Å². The predicted octanol–water partition coefficient (Wildman–Crippen LogP) is 5.24. The summed E-state index contributed by atoms with van der Waals surface area (Å²) in [6, 6.07) is 22.8. The molecule has 1 aromatic heterocycles. The van der Waals surface area contributed by atoms with Gasteiger partial charge in [0.25, 0.3) is 0 Å². The Morgan fingerprint density at radius 1 is 0.783 bits per heavy atom. The van der Waals surface area contributed by atoms with E-state index >= 15 is 0 Å². The summed E-state index contributed by atoms with van der Waals surface area (Å²) < 4.78 is 5.86. The Morgan fingerprint density at radius 2 is 1.52 bits per heavy atom. The van der Waals surface area contributed by atoms with Crippen molar-refractivity contribution in [2.75, 3.05) is 17.7 Å². The number of benzene rings is 3. The molecule has 3 nitrogen and oxygen atoms in total. The van der Waals surface area contributed by atoms with Crippen LogP contribution in [0.3, 0.4) is 0 Å². The topological polar surface area (TPSA) is 37.2 Å². The zero-order chi connectivity index (χ0) is 15.6. The molecule has 0 saturated heterocycles. The third-order valence-corrected chi connectivity index (χ3v) is 4.12. The first kappa shape index (κ1) is 13.7. The van der Waals surface area contributed by atoms with Crippen LogP contribution in [0.2, 0.25) is 0 Å². The lowest BCUT2D eigenvalue weighted by molar-refractivity contribution is 0.669. The van der Waals surface area contributed by atoms with Crippen LogP contribution in [0.4, 0.5) is 11.4 Å². The van der Waals surface area contributed by atoms with Gasteiger partial charge >= 0.3 is 0 Å². The van der Waals surface area contributed by atoms with Crippen LogP contribution in [0.25, 0.3) is 21.9 Å². The third kappa shape index (κ3) is 2.61. The van der Waals surface area contributed by atoms with Crippen molar-refractivity contribution in [2.24, 2.45) is 0 Å². The molecule has 3 aromatic carbocycles. The van der Waals surface area contributed by atoms with Crippen LogP contribution in [-0.4, -0.2) is 7.05 Å². The SMILES string of the molecule is CNc1ccc(CNc2ccc3oc4ccccc4c3c2)cc1. The molecule has 0 unspecified atom stereocenters. The van der Waals surface area contributed by atoms with Crippen molar-refractivity contribution in [3.8, 4) is 0 Å². The van der Waals surface area contributed by atoms with E-state index in [1.165, 1.54) is 5.56 Å². The number of fused-ring (bicyclic) bond motifs is 3. The van der Waals surface area contributed by atoms with Crippen molar-refractivity contribution in [2.45, 2.75) is 6.54 Å². The van der Waals surface area contributed by atoms with Crippen LogP contribution in [0.1, 0.15) is 5.56 Å². The first-order chi connectivity index (χ1) is 11.3. The van der Waals surface area contributed by atoms with Gasteiger partial charge in [-0.3, -0.25) is 0 Å². The summed E-state index contributed by atoms with van der Waals surface area (Å²) in [5.41, 5.74) is 5.33. The molecule has 0 bridgehead atoms. The molecule has 23 heavy (non-hydrogen) atoms. The molecule has 0 atom stereocenters. The van der Waals surface area contributed by atoms with Gasteiger partial charge in [0, 0.05) is 35.7 Å². The maximum Gasteiger partial charge on any atom is 0.135 e. The van der Waals surface area contributed by atoms with Crippen LogP contribution in [0, 0.1) is 0 Å². The Labute approximate surface area is 134 Å². The van der Waals surface area contributed by atoms with Crippen molar-refractivity contribution in [1.29, 1.82) is 0 Å². The minimum absolute atomic E-state index is 0.797. The Hall–Kier alpha value is -2.94. The second kappa shape index (κ2) is 5.69. The van der Waals surface area contributed by atoms with Crippen molar-refractivity contribution >= 4 is 33.3 Å². The number of hydrogen-bond acceptors (Lipinski definition) is 3. The first-order valence-corrected chi connectivity index (χ1v) is 7.75. The van der Waals surface area contributed by atoms with E-state index < -0.39 is 0 Å². The molecule has 1 heterocycles. The average Bonchev–Trinajstić information content (AvgIpc) is 2.98. The summed E-state index contributed by atoms with van der Waals surface area (Å²) in [6.45, 7) is 0.797. The molecular weight excluding hydrogens is 284 g/mol. The quantitative estimate of drug-likeness (QED) is 0.541. The molecule has 0 aliphatic heterocycles. The highest BCUT2D eigenvalue weighted by Crippen LogP contribution is 2.30. The summed E-state index contributed by atoms with van der Waals surface area (Å²) >= 11 is 0. The van der Waals surface area contributed by atoms with E-state index in [0.29, 0.717) is 0 Å². The molecule has 3 heteroatoms. The van der Waals surface area contributed by atoms with Crippen molar-refractivity contribution in [3.63, 3.8) is 0 Å². The Kier molecular flexibility index (Phi) is 3.39. The van der Waals surface area contributed by atoms with Gasteiger partial charge in [-0.15, -0.1) is 0 Å². The lowest BCUT2D eigenvalue weighted by Gasteiger charge is -2.07. The molecule has 4 aromatic rings. The van der Waals surface area contributed by atoms with E-state index in [0.717, 1.165) is 39.9 Å². The van der Waals surface area contributed by atoms with Gasteiger partial charge in [-0.05, 0) is 42.0 Å². The Bertz CT molecular complexity index is 954. The van der Waals surface area contributed by atoms with Gasteiger partial charge in [0.15, 0.2) is 0 Å². The van der Waals surface area contributed by atoms with Crippen LogP contribution < -0.4 is 10.6 Å². The molecule has 0 amide bonds. The second-order valence-corrected chi connectivity index (χ2v) is 5.61. The van der Waals surface area contributed by atoms with Gasteiger partial charge in [-0.25, -0.2) is 0 Å². The normalized spacial score (nSPS) is 11.0. The zero-order valence-corrected chi connectivity index (χ0v) is 13.0. The molecule has 0 aliphatic rings. The molecule has 4 rings (SSSR count).